The fraction of sp³-hybridized carbons (Fsp3) is 0.435. The predicted molar refractivity (Wildman–Crippen MR) is 108 cm³/mol. The Morgan fingerprint density at radius 3 is 2.82 bits per heavy atom. The summed E-state index contributed by atoms with van der Waals surface area (Å²) in [5.74, 6) is 1.13. The number of carbonyl (C=O) groups excluding carboxylic acids is 1. The Hall–Kier alpha value is -2.37. The Morgan fingerprint density at radius 1 is 1.25 bits per heavy atom. The van der Waals surface area contributed by atoms with Gasteiger partial charge in [0.25, 0.3) is 5.91 Å². The SMILES string of the molecule is CN(C)Cc1cccc(C(=O)N[C@H](c2ccc3c(c2)CCO3)C2CC(O)C2)c1. The number of hydrogen-bond acceptors (Lipinski definition) is 4. The lowest BCUT2D eigenvalue weighted by Gasteiger charge is -2.38. The number of hydrogen-bond donors (Lipinski definition) is 2. The lowest BCUT2D eigenvalue weighted by atomic mass is 9.74. The Balaban J connectivity index is 1.55. The quantitative estimate of drug-likeness (QED) is 0.809. The number of ether oxygens (including phenoxy) is 1. The van der Waals surface area contributed by atoms with Gasteiger partial charge in [0.15, 0.2) is 0 Å². The minimum atomic E-state index is -0.259. The van der Waals surface area contributed by atoms with Crippen LogP contribution in [0.4, 0.5) is 0 Å². The zero-order valence-corrected chi connectivity index (χ0v) is 16.5. The van der Waals surface area contributed by atoms with E-state index in [1.807, 2.05) is 50.5 Å². The van der Waals surface area contributed by atoms with Crippen LogP contribution in [0.1, 0.15) is 45.9 Å². The van der Waals surface area contributed by atoms with Gasteiger partial charge in [0, 0.05) is 18.5 Å². The summed E-state index contributed by atoms with van der Waals surface area (Å²) >= 11 is 0. The Kier molecular flexibility index (Phi) is 5.38. The van der Waals surface area contributed by atoms with Gasteiger partial charge in [-0.1, -0.05) is 18.2 Å². The number of nitrogens with one attached hydrogen (secondary N) is 1. The Morgan fingerprint density at radius 2 is 2.07 bits per heavy atom. The average molecular weight is 380 g/mol. The van der Waals surface area contributed by atoms with Crippen LogP contribution < -0.4 is 10.1 Å². The van der Waals surface area contributed by atoms with Gasteiger partial charge in [0.05, 0.1) is 18.8 Å². The van der Waals surface area contributed by atoms with E-state index in [9.17, 15) is 9.90 Å². The molecule has 1 aliphatic carbocycles. The minimum Gasteiger partial charge on any atom is -0.493 e. The van der Waals surface area contributed by atoms with Crippen molar-refractivity contribution in [3.05, 3.63) is 64.7 Å². The number of carbonyl (C=O) groups is 1. The fourth-order valence-corrected chi connectivity index (χ4v) is 4.18. The van der Waals surface area contributed by atoms with E-state index >= 15 is 0 Å². The van der Waals surface area contributed by atoms with E-state index in [4.69, 9.17) is 4.74 Å². The van der Waals surface area contributed by atoms with Crippen molar-refractivity contribution in [2.24, 2.45) is 5.92 Å². The van der Waals surface area contributed by atoms with Gasteiger partial charge >= 0.3 is 0 Å². The van der Waals surface area contributed by atoms with Gasteiger partial charge < -0.3 is 20.1 Å². The van der Waals surface area contributed by atoms with Crippen LogP contribution in [0.5, 0.6) is 5.75 Å². The van der Waals surface area contributed by atoms with Gasteiger partial charge in [-0.15, -0.1) is 0 Å². The molecule has 28 heavy (non-hydrogen) atoms. The van der Waals surface area contributed by atoms with Gasteiger partial charge in [0.1, 0.15) is 5.75 Å². The summed E-state index contributed by atoms with van der Waals surface area (Å²) in [6, 6.07) is 13.9. The molecule has 0 radical (unpaired) electrons. The summed E-state index contributed by atoms with van der Waals surface area (Å²) in [5.41, 5.74) is 4.08. The molecule has 1 aliphatic heterocycles. The van der Waals surface area contributed by atoms with Crippen LogP contribution in [0, 0.1) is 5.92 Å². The van der Waals surface area contributed by atoms with E-state index in [-0.39, 0.29) is 24.0 Å². The normalized spacial score (nSPS) is 21.6. The highest BCUT2D eigenvalue weighted by molar-refractivity contribution is 5.94. The molecule has 2 N–H and O–H groups in total. The molecule has 0 saturated heterocycles. The monoisotopic (exact) mass is 380 g/mol. The van der Waals surface area contributed by atoms with Gasteiger partial charge in [-0.2, -0.15) is 0 Å². The fourth-order valence-electron chi connectivity index (χ4n) is 4.18. The molecule has 1 atom stereocenters. The highest BCUT2D eigenvalue weighted by Crippen LogP contribution is 2.40. The maximum atomic E-state index is 13.0. The zero-order chi connectivity index (χ0) is 19.7. The summed E-state index contributed by atoms with van der Waals surface area (Å²) in [5, 5.41) is 13.0. The van der Waals surface area contributed by atoms with Crippen molar-refractivity contribution in [3.8, 4) is 5.75 Å². The first-order valence-electron chi connectivity index (χ1n) is 9.98. The average Bonchev–Trinajstić information content (AvgIpc) is 3.11. The molecule has 5 nitrogen and oxygen atoms in total. The third-order valence-electron chi connectivity index (χ3n) is 5.67. The smallest absolute Gasteiger partial charge is 0.251 e. The molecule has 1 fully saturated rings. The number of fused-ring (bicyclic) bond motifs is 1. The summed E-state index contributed by atoms with van der Waals surface area (Å²) in [6.45, 7) is 1.51. The van der Waals surface area contributed by atoms with E-state index < -0.39 is 0 Å². The van der Waals surface area contributed by atoms with Crippen molar-refractivity contribution >= 4 is 5.91 Å². The highest BCUT2D eigenvalue weighted by Gasteiger charge is 2.36. The van der Waals surface area contributed by atoms with E-state index in [0.717, 1.165) is 49.3 Å². The minimum absolute atomic E-state index is 0.0660. The third kappa shape index (κ3) is 4.05. The number of benzene rings is 2. The molecule has 2 aromatic carbocycles. The molecule has 148 valence electrons. The topological polar surface area (TPSA) is 61.8 Å². The van der Waals surface area contributed by atoms with Crippen LogP contribution in [-0.2, 0) is 13.0 Å². The van der Waals surface area contributed by atoms with Crippen molar-refractivity contribution in [1.29, 1.82) is 0 Å². The first-order chi connectivity index (χ1) is 13.5. The first-order valence-corrected chi connectivity index (χ1v) is 9.98. The lowest BCUT2D eigenvalue weighted by molar-refractivity contribution is 0.0235. The molecule has 5 heteroatoms. The van der Waals surface area contributed by atoms with Gasteiger partial charge in [-0.25, -0.2) is 0 Å². The third-order valence-corrected chi connectivity index (χ3v) is 5.67. The molecule has 0 bridgehead atoms. The Bertz CT molecular complexity index is 859. The van der Waals surface area contributed by atoms with E-state index in [1.165, 1.54) is 5.56 Å². The predicted octanol–water partition coefficient (Wildman–Crippen LogP) is 2.93. The van der Waals surface area contributed by atoms with Crippen LogP contribution >= 0.6 is 0 Å². The molecule has 2 aromatic rings. The van der Waals surface area contributed by atoms with Crippen LogP contribution in [0.3, 0.4) is 0 Å². The van der Waals surface area contributed by atoms with Crippen LogP contribution in [0.15, 0.2) is 42.5 Å². The molecular weight excluding hydrogens is 352 g/mol. The van der Waals surface area contributed by atoms with Crippen LogP contribution in [-0.4, -0.2) is 42.7 Å². The molecule has 0 unspecified atom stereocenters. The Labute approximate surface area is 166 Å². The number of amides is 1. The standard InChI is InChI=1S/C23H28N2O3/c1-25(2)14-15-4-3-5-18(10-15)23(27)24-22(19-12-20(26)13-19)17-6-7-21-16(11-17)8-9-28-21/h3-7,10-11,19-20,22,26H,8-9,12-14H2,1-2H3,(H,24,27)/t19?,20?,22-/m1/s1. The molecule has 0 spiro atoms. The number of nitrogens with zero attached hydrogens (tertiary/aromatic N) is 1. The molecule has 2 aliphatic rings. The maximum Gasteiger partial charge on any atom is 0.251 e. The van der Waals surface area contributed by atoms with Crippen molar-refractivity contribution in [3.63, 3.8) is 0 Å². The van der Waals surface area contributed by atoms with E-state index in [1.54, 1.807) is 0 Å². The highest BCUT2D eigenvalue weighted by atomic mass is 16.5. The van der Waals surface area contributed by atoms with Crippen molar-refractivity contribution in [1.82, 2.24) is 10.2 Å². The maximum absolute atomic E-state index is 13.0. The van der Waals surface area contributed by atoms with Gasteiger partial charge in [-0.3, -0.25) is 4.79 Å². The van der Waals surface area contributed by atoms with Gasteiger partial charge in [-0.05, 0) is 73.8 Å². The zero-order valence-electron chi connectivity index (χ0n) is 16.5. The summed E-state index contributed by atoms with van der Waals surface area (Å²) in [7, 11) is 4.03. The number of aliphatic hydroxyl groups is 1. The molecule has 1 amide bonds. The van der Waals surface area contributed by atoms with Crippen molar-refractivity contribution in [2.75, 3.05) is 20.7 Å². The first kappa shape index (κ1) is 19.0. The number of aliphatic hydroxyl groups excluding tert-OH is 1. The lowest BCUT2D eigenvalue weighted by Crippen LogP contribution is -2.41. The number of rotatable bonds is 6. The van der Waals surface area contributed by atoms with Crippen molar-refractivity contribution in [2.45, 2.75) is 38.0 Å². The van der Waals surface area contributed by atoms with E-state index in [0.29, 0.717) is 5.56 Å². The largest absolute Gasteiger partial charge is 0.493 e. The molecular formula is C23H28N2O3. The summed E-state index contributed by atoms with van der Waals surface area (Å²) in [6.07, 6.45) is 2.09. The summed E-state index contributed by atoms with van der Waals surface area (Å²) < 4.78 is 5.61. The van der Waals surface area contributed by atoms with Crippen LogP contribution in [0.2, 0.25) is 0 Å². The van der Waals surface area contributed by atoms with E-state index in [2.05, 4.69) is 16.3 Å². The second-order valence-corrected chi connectivity index (χ2v) is 8.24. The molecule has 1 saturated carbocycles. The second kappa shape index (κ2) is 7.94. The van der Waals surface area contributed by atoms with Gasteiger partial charge in [0.2, 0.25) is 0 Å². The molecule has 4 rings (SSSR count). The molecule has 0 aromatic heterocycles. The van der Waals surface area contributed by atoms with Crippen LogP contribution in [0.25, 0.3) is 0 Å². The molecule has 1 heterocycles. The second-order valence-electron chi connectivity index (χ2n) is 8.24. The summed E-state index contributed by atoms with van der Waals surface area (Å²) in [4.78, 5) is 15.1. The van der Waals surface area contributed by atoms with Crippen molar-refractivity contribution < 1.29 is 14.6 Å².